The van der Waals surface area contributed by atoms with Gasteiger partial charge in [0, 0.05) is 30.1 Å². The molecule has 31 heavy (non-hydrogen) atoms. The summed E-state index contributed by atoms with van der Waals surface area (Å²) in [6.07, 6.45) is 1.65. The van der Waals surface area contributed by atoms with Gasteiger partial charge in [0.15, 0.2) is 6.61 Å². The van der Waals surface area contributed by atoms with Crippen molar-refractivity contribution >= 4 is 17.2 Å². The van der Waals surface area contributed by atoms with Crippen molar-refractivity contribution in [3.8, 4) is 11.5 Å². The van der Waals surface area contributed by atoms with Crippen molar-refractivity contribution in [2.45, 2.75) is 6.61 Å². The molecular weight excluding hydrogens is 401 g/mol. The van der Waals surface area contributed by atoms with E-state index in [0.29, 0.717) is 22.8 Å². The molecule has 2 aromatic carbocycles. The molecule has 0 bridgehead atoms. The van der Waals surface area contributed by atoms with Crippen LogP contribution in [0.5, 0.6) is 11.5 Å². The number of fused-ring (bicyclic) bond motifs is 1. The number of rotatable bonds is 7. The van der Waals surface area contributed by atoms with Crippen LogP contribution in [0, 0.1) is 5.82 Å². The van der Waals surface area contributed by atoms with Crippen LogP contribution in [0.25, 0.3) is 5.65 Å². The summed E-state index contributed by atoms with van der Waals surface area (Å²) in [5.74, 6) is -0.0677. The topological polar surface area (TPSA) is 81.9 Å². The SMILES string of the molecule is O=C(COc1cccc(F)c1)Nc1cccc(OCc2cc(=O)n3ccccc3n2)c1. The summed E-state index contributed by atoms with van der Waals surface area (Å²) in [4.78, 5) is 28.7. The Morgan fingerprint density at radius 2 is 1.77 bits per heavy atom. The Hall–Kier alpha value is -4.20. The number of benzene rings is 2. The third-order valence-corrected chi connectivity index (χ3v) is 4.29. The van der Waals surface area contributed by atoms with E-state index in [9.17, 15) is 14.0 Å². The van der Waals surface area contributed by atoms with Gasteiger partial charge in [-0.2, -0.15) is 0 Å². The maximum absolute atomic E-state index is 13.2. The predicted octanol–water partition coefficient (Wildman–Crippen LogP) is 3.43. The van der Waals surface area contributed by atoms with Crippen molar-refractivity contribution in [1.29, 1.82) is 0 Å². The Morgan fingerprint density at radius 1 is 0.968 bits per heavy atom. The predicted molar refractivity (Wildman–Crippen MR) is 113 cm³/mol. The highest BCUT2D eigenvalue weighted by molar-refractivity contribution is 5.92. The zero-order valence-electron chi connectivity index (χ0n) is 16.3. The number of hydrogen-bond donors (Lipinski definition) is 1. The molecule has 0 unspecified atom stereocenters. The fourth-order valence-electron chi connectivity index (χ4n) is 2.90. The second-order valence-electron chi connectivity index (χ2n) is 6.63. The van der Waals surface area contributed by atoms with Crippen molar-refractivity contribution in [3.63, 3.8) is 0 Å². The number of aromatic nitrogens is 2. The van der Waals surface area contributed by atoms with Crippen LogP contribution < -0.4 is 20.3 Å². The number of nitrogens with one attached hydrogen (secondary N) is 1. The van der Waals surface area contributed by atoms with Gasteiger partial charge in [-0.1, -0.05) is 18.2 Å². The molecule has 2 heterocycles. The van der Waals surface area contributed by atoms with Crippen molar-refractivity contribution in [2.24, 2.45) is 0 Å². The molecule has 2 aromatic heterocycles. The number of carbonyl (C=O) groups is 1. The van der Waals surface area contributed by atoms with Crippen molar-refractivity contribution in [2.75, 3.05) is 11.9 Å². The van der Waals surface area contributed by atoms with Crippen LogP contribution in [0.4, 0.5) is 10.1 Å². The molecule has 7 nitrogen and oxygen atoms in total. The van der Waals surface area contributed by atoms with E-state index in [4.69, 9.17) is 9.47 Å². The fraction of sp³-hybridized carbons (Fsp3) is 0.0870. The third-order valence-electron chi connectivity index (χ3n) is 4.29. The van der Waals surface area contributed by atoms with Crippen molar-refractivity contribution in [3.05, 3.63) is 101 Å². The minimum Gasteiger partial charge on any atom is -0.487 e. The van der Waals surface area contributed by atoms with E-state index in [-0.39, 0.29) is 24.5 Å². The molecule has 0 radical (unpaired) electrons. The van der Waals surface area contributed by atoms with E-state index in [0.717, 1.165) is 0 Å². The molecular formula is C23H18FN3O4. The summed E-state index contributed by atoms with van der Waals surface area (Å²) in [5, 5.41) is 2.69. The Bertz CT molecular complexity index is 1290. The number of ether oxygens (including phenoxy) is 2. The average molecular weight is 419 g/mol. The maximum atomic E-state index is 13.2. The number of amides is 1. The normalized spacial score (nSPS) is 10.6. The van der Waals surface area contributed by atoms with E-state index in [1.807, 2.05) is 0 Å². The van der Waals surface area contributed by atoms with Crippen LogP contribution in [-0.4, -0.2) is 21.9 Å². The fourth-order valence-corrected chi connectivity index (χ4v) is 2.90. The molecule has 0 saturated heterocycles. The molecule has 0 saturated carbocycles. The lowest BCUT2D eigenvalue weighted by atomic mass is 10.3. The molecule has 156 valence electrons. The van der Waals surface area contributed by atoms with Gasteiger partial charge in [-0.25, -0.2) is 9.37 Å². The second-order valence-corrected chi connectivity index (χ2v) is 6.63. The van der Waals surface area contributed by atoms with E-state index in [1.165, 1.54) is 28.7 Å². The highest BCUT2D eigenvalue weighted by Gasteiger charge is 2.07. The Balaban J connectivity index is 1.36. The second kappa shape index (κ2) is 9.08. The summed E-state index contributed by atoms with van der Waals surface area (Å²) in [6, 6.07) is 19.1. The van der Waals surface area contributed by atoms with Crippen LogP contribution in [-0.2, 0) is 11.4 Å². The largest absolute Gasteiger partial charge is 0.487 e. The Morgan fingerprint density at radius 3 is 2.61 bits per heavy atom. The monoisotopic (exact) mass is 419 g/mol. The van der Waals surface area contributed by atoms with Gasteiger partial charge in [-0.05, 0) is 36.4 Å². The molecule has 0 aliphatic carbocycles. The highest BCUT2D eigenvalue weighted by Crippen LogP contribution is 2.19. The number of carbonyl (C=O) groups excluding carboxylic acids is 1. The standard InChI is InChI=1S/C23H18FN3O4/c24-16-5-3-7-19(11-16)31-15-22(28)26-17-6-4-8-20(12-17)30-14-18-13-23(29)27-10-2-1-9-21(27)25-18/h1-13H,14-15H2,(H,26,28). The van der Waals surface area contributed by atoms with Gasteiger partial charge in [0.25, 0.3) is 11.5 Å². The number of hydrogen-bond acceptors (Lipinski definition) is 5. The van der Waals surface area contributed by atoms with E-state index >= 15 is 0 Å². The Kier molecular flexibility index (Phi) is 5.89. The first-order chi connectivity index (χ1) is 15.1. The molecule has 4 rings (SSSR count). The van der Waals surface area contributed by atoms with Crippen LogP contribution in [0.3, 0.4) is 0 Å². The van der Waals surface area contributed by atoms with Gasteiger partial charge in [-0.3, -0.25) is 14.0 Å². The maximum Gasteiger partial charge on any atom is 0.262 e. The van der Waals surface area contributed by atoms with Gasteiger partial charge < -0.3 is 14.8 Å². The summed E-state index contributed by atoms with van der Waals surface area (Å²) < 4.78 is 25.6. The van der Waals surface area contributed by atoms with Crippen LogP contribution in [0.1, 0.15) is 5.69 Å². The zero-order valence-corrected chi connectivity index (χ0v) is 16.3. The van der Waals surface area contributed by atoms with Crippen LogP contribution >= 0.6 is 0 Å². The lowest BCUT2D eigenvalue weighted by Gasteiger charge is -2.10. The van der Waals surface area contributed by atoms with Crippen molar-refractivity contribution < 1.29 is 18.7 Å². The zero-order chi connectivity index (χ0) is 21.6. The number of pyridine rings is 1. The van der Waals surface area contributed by atoms with E-state index in [2.05, 4.69) is 10.3 Å². The molecule has 1 N–H and O–H groups in total. The number of halogens is 1. The van der Waals surface area contributed by atoms with Gasteiger partial charge in [0.1, 0.15) is 29.6 Å². The molecule has 0 fully saturated rings. The quantitative estimate of drug-likeness (QED) is 0.496. The summed E-state index contributed by atoms with van der Waals surface area (Å²) in [5.41, 5.74) is 1.35. The molecule has 4 aromatic rings. The first kappa shape index (κ1) is 20.1. The molecule has 1 amide bonds. The number of anilines is 1. The average Bonchev–Trinajstić information content (AvgIpc) is 2.77. The summed E-state index contributed by atoms with van der Waals surface area (Å²) in [7, 11) is 0. The van der Waals surface area contributed by atoms with Gasteiger partial charge in [-0.15, -0.1) is 0 Å². The Labute approximate surface area is 176 Å². The number of nitrogens with zero attached hydrogens (tertiary/aromatic N) is 2. The van der Waals surface area contributed by atoms with Crippen LogP contribution in [0.2, 0.25) is 0 Å². The molecule has 0 aliphatic rings. The summed E-state index contributed by atoms with van der Waals surface area (Å²) in [6.45, 7) is -0.166. The summed E-state index contributed by atoms with van der Waals surface area (Å²) >= 11 is 0. The lowest BCUT2D eigenvalue weighted by molar-refractivity contribution is -0.118. The molecule has 0 atom stereocenters. The lowest BCUT2D eigenvalue weighted by Crippen LogP contribution is -2.20. The smallest absolute Gasteiger partial charge is 0.262 e. The minimum atomic E-state index is -0.439. The first-order valence-electron chi connectivity index (χ1n) is 9.45. The highest BCUT2D eigenvalue weighted by atomic mass is 19.1. The van der Waals surface area contributed by atoms with Crippen LogP contribution in [0.15, 0.2) is 83.8 Å². The first-order valence-corrected chi connectivity index (χ1v) is 9.45. The molecule has 0 spiro atoms. The molecule has 0 aliphatic heterocycles. The van der Waals surface area contributed by atoms with Gasteiger partial charge in [0.2, 0.25) is 0 Å². The van der Waals surface area contributed by atoms with E-state index < -0.39 is 11.7 Å². The van der Waals surface area contributed by atoms with Crippen molar-refractivity contribution in [1.82, 2.24) is 9.38 Å². The third kappa shape index (κ3) is 5.24. The minimum absolute atomic E-state index is 0.0979. The van der Waals surface area contributed by atoms with E-state index in [1.54, 1.807) is 54.7 Å². The van der Waals surface area contributed by atoms with Gasteiger partial charge >= 0.3 is 0 Å². The molecule has 8 heteroatoms. The van der Waals surface area contributed by atoms with Gasteiger partial charge in [0.05, 0.1) is 5.69 Å².